The zero-order valence-corrected chi connectivity index (χ0v) is 7.88. The third-order valence-corrected chi connectivity index (χ3v) is 3.14. The highest BCUT2D eigenvalue weighted by Crippen LogP contribution is 2.32. The van der Waals surface area contributed by atoms with E-state index >= 15 is 0 Å². The summed E-state index contributed by atoms with van der Waals surface area (Å²) in [6.45, 7) is 6.67. The smallest absolute Gasteiger partial charge is 0.0568 e. The minimum Gasteiger partial charge on any atom is -0.393 e. The first-order valence-electron chi connectivity index (χ1n) is 4.79. The molecule has 1 nitrogen and oxygen atoms in total. The lowest BCUT2D eigenvalue weighted by Gasteiger charge is -2.33. The molecule has 0 aromatic heterocycles. The van der Waals surface area contributed by atoms with Crippen molar-refractivity contribution < 1.29 is 5.11 Å². The van der Waals surface area contributed by atoms with Gasteiger partial charge in [-0.15, -0.1) is 0 Å². The average Bonchev–Trinajstić information content (AvgIpc) is 1.94. The summed E-state index contributed by atoms with van der Waals surface area (Å²) in [5, 5.41) is 9.60. The van der Waals surface area contributed by atoms with Crippen molar-refractivity contribution in [2.75, 3.05) is 0 Å². The topological polar surface area (TPSA) is 20.2 Å². The van der Waals surface area contributed by atoms with Gasteiger partial charge in [0.2, 0.25) is 0 Å². The van der Waals surface area contributed by atoms with Crippen LogP contribution in [0.4, 0.5) is 0 Å². The quantitative estimate of drug-likeness (QED) is 0.618. The summed E-state index contributed by atoms with van der Waals surface area (Å²) >= 11 is 0. The van der Waals surface area contributed by atoms with Gasteiger partial charge in [-0.3, -0.25) is 0 Å². The van der Waals surface area contributed by atoms with Gasteiger partial charge in [0.1, 0.15) is 0 Å². The van der Waals surface area contributed by atoms with Crippen molar-refractivity contribution in [3.63, 3.8) is 0 Å². The molecule has 3 atom stereocenters. The van der Waals surface area contributed by atoms with E-state index in [0.717, 1.165) is 18.3 Å². The van der Waals surface area contributed by atoms with E-state index in [0.29, 0.717) is 5.92 Å². The molecule has 0 aromatic rings. The van der Waals surface area contributed by atoms with Gasteiger partial charge < -0.3 is 5.11 Å². The number of aliphatic hydroxyl groups is 1. The fraction of sp³-hybridized carbons (Fsp3) is 1.00. The summed E-state index contributed by atoms with van der Waals surface area (Å²) in [7, 11) is 0. The first-order chi connectivity index (χ1) is 5.11. The number of hydrogen-bond donors (Lipinski definition) is 1. The van der Waals surface area contributed by atoms with Gasteiger partial charge in [0.15, 0.2) is 0 Å². The lowest BCUT2D eigenvalue weighted by atomic mass is 9.76. The molecule has 1 rings (SSSR count). The summed E-state index contributed by atoms with van der Waals surface area (Å²) in [6.07, 6.45) is 3.52. The van der Waals surface area contributed by atoms with Crippen LogP contribution in [0.1, 0.15) is 40.0 Å². The first kappa shape index (κ1) is 9.05. The highest BCUT2D eigenvalue weighted by atomic mass is 16.3. The highest BCUT2D eigenvalue weighted by Gasteiger charge is 2.27. The SMILES string of the molecule is CC(C)[C@@H]1CC[C@H](C)[C@@H](O)C1. The molecule has 11 heavy (non-hydrogen) atoms. The summed E-state index contributed by atoms with van der Waals surface area (Å²) in [4.78, 5) is 0. The molecule has 0 heterocycles. The van der Waals surface area contributed by atoms with Crippen LogP contribution in [0.2, 0.25) is 0 Å². The second kappa shape index (κ2) is 3.57. The van der Waals surface area contributed by atoms with Crippen LogP contribution < -0.4 is 0 Å². The molecule has 0 unspecified atom stereocenters. The Morgan fingerprint density at radius 1 is 1.27 bits per heavy atom. The van der Waals surface area contributed by atoms with Crippen molar-refractivity contribution in [2.45, 2.75) is 46.1 Å². The Hall–Kier alpha value is -0.0400. The molecular weight excluding hydrogens is 136 g/mol. The molecule has 1 aliphatic rings. The maximum Gasteiger partial charge on any atom is 0.0568 e. The second-order valence-electron chi connectivity index (χ2n) is 4.36. The van der Waals surface area contributed by atoms with Crippen LogP contribution in [0.25, 0.3) is 0 Å². The average molecular weight is 156 g/mol. The van der Waals surface area contributed by atoms with Crippen LogP contribution in [-0.2, 0) is 0 Å². The van der Waals surface area contributed by atoms with E-state index in [9.17, 15) is 5.11 Å². The van der Waals surface area contributed by atoms with Gasteiger partial charge in [0, 0.05) is 0 Å². The molecule has 0 spiro atoms. The predicted molar refractivity (Wildman–Crippen MR) is 47.3 cm³/mol. The minimum absolute atomic E-state index is 0.0313. The standard InChI is InChI=1S/C10H20O/c1-7(2)9-5-4-8(3)10(11)6-9/h7-11H,4-6H2,1-3H3/t8-,9+,10-/m0/s1. The largest absolute Gasteiger partial charge is 0.393 e. The summed E-state index contributed by atoms with van der Waals surface area (Å²) in [5.41, 5.74) is 0. The fourth-order valence-corrected chi connectivity index (χ4v) is 1.94. The molecule has 1 N–H and O–H groups in total. The van der Waals surface area contributed by atoms with Gasteiger partial charge >= 0.3 is 0 Å². The van der Waals surface area contributed by atoms with Crippen molar-refractivity contribution in [2.24, 2.45) is 17.8 Å². The Bertz CT molecular complexity index is 120. The van der Waals surface area contributed by atoms with Crippen molar-refractivity contribution >= 4 is 0 Å². The Morgan fingerprint density at radius 2 is 1.91 bits per heavy atom. The summed E-state index contributed by atoms with van der Waals surface area (Å²) in [6, 6.07) is 0. The maximum absolute atomic E-state index is 9.60. The second-order valence-corrected chi connectivity index (χ2v) is 4.36. The molecule has 1 aliphatic carbocycles. The minimum atomic E-state index is -0.0313. The third kappa shape index (κ3) is 2.19. The van der Waals surface area contributed by atoms with E-state index in [4.69, 9.17) is 0 Å². The van der Waals surface area contributed by atoms with E-state index in [-0.39, 0.29) is 6.10 Å². The lowest BCUT2D eigenvalue weighted by molar-refractivity contribution is 0.0410. The zero-order chi connectivity index (χ0) is 8.43. The first-order valence-corrected chi connectivity index (χ1v) is 4.79. The molecule has 0 bridgehead atoms. The Balaban J connectivity index is 2.40. The van der Waals surface area contributed by atoms with Crippen molar-refractivity contribution in [1.29, 1.82) is 0 Å². The lowest BCUT2D eigenvalue weighted by Crippen LogP contribution is -2.29. The molecule has 1 heteroatoms. The molecule has 0 aliphatic heterocycles. The van der Waals surface area contributed by atoms with Gasteiger partial charge in [0.05, 0.1) is 6.10 Å². The molecule has 66 valence electrons. The molecule has 1 fully saturated rings. The van der Waals surface area contributed by atoms with Gasteiger partial charge in [-0.1, -0.05) is 20.8 Å². The molecule has 0 radical (unpaired) electrons. The molecule has 1 saturated carbocycles. The van der Waals surface area contributed by atoms with Crippen LogP contribution in [0.15, 0.2) is 0 Å². The van der Waals surface area contributed by atoms with Crippen LogP contribution in [0, 0.1) is 17.8 Å². The predicted octanol–water partition coefficient (Wildman–Crippen LogP) is 2.44. The molecule has 0 aromatic carbocycles. The van der Waals surface area contributed by atoms with Crippen molar-refractivity contribution in [3.05, 3.63) is 0 Å². The van der Waals surface area contributed by atoms with E-state index in [2.05, 4.69) is 20.8 Å². The van der Waals surface area contributed by atoms with E-state index in [1.54, 1.807) is 0 Å². The van der Waals surface area contributed by atoms with Gasteiger partial charge in [-0.2, -0.15) is 0 Å². The maximum atomic E-state index is 9.60. The summed E-state index contributed by atoms with van der Waals surface area (Å²) < 4.78 is 0. The monoisotopic (exact) mass is 156 g/mol. The zero-order valence-electron chi connectivity index (χ0n) is 7.88. The van der Waals surface area contributed by atoms with E-state index in [1.807, 2.05) is 0 Å². The van der Waals surface area contributed by atoms with Crippen molar-refractivity contribution in [3.8, 4) is 0 Å². The van der Waals surface area contributed by atoms with Crippen molar-refractivity contribution in [1.82, 2.24) is 0 Å². The number of aliphatic hydroxyl groups excluding tert-OH is 1. The molecular formula is C10H20O. The van der Waals surface area contributed by atoms with Gasteiger partial charge in [-0.05, 0) is 37.0 Å². The van der Waals surface area contributed by atoms with Crippen LogP contribution in [0.5, 0.6) is 0 Å². The summed E-state index contributed by atoms with van der Waals surface area (Å²) in [5.74, 6) is 2.04. The third-order valence-electron chi connectivity index (χ3n) is 3.14. The van der Waals surface area contributed by atoms with Gasteiger partial charge in [0.25, 0.3) is 0 Å². The molecule has 0 amide bonds. The van der Waals surface area contributed by atoms with Crippen LogP contribution in [0.3, 0.4) is 0 Å². The Morgan fingerprint density at radius 3 is 2.36 bits per heavy atom. The highest BCUT2D eigenvalue weighted by molar-refractivity contribution is 4.78. The molecule has 0 saturated heterocycles. The Kier molecular flexibility index (Phi) is 2.94. The van der Waals surface area contributed by atoms with Crippen LogP contribution >= 0.6 is 0 Å². The number of hydrogen-bond acceptors (Lipinski definition) is 1. The van der Waals surface area contributed by atoms with Crippen LogP contribution in [-0.4, -0.2) is 11.2 Å². The van der Waals surface area contributed by atoms with Gasteiger partial charge in [-0.25, -0.2) is 0 Å². The number of rotatable bonds is 1. The fourth-order valence-electron chi connectivity index (χ4n) is 1.94. The van der Waals surface area contributed by atoms with E-state index < -0.39 is 0 Å². The normalized spacial score (nSPS) is 39.5. The Labute approximate surface area is 69.8 Å². The van der Waals surface area contributed by atoms with E-state index in [1.165, 1.54) is 12.8 Å².